The molecule has 2 rings (SSSR count). The molecule has 0 aliphatic carbocycles. The second-order valence-electron chi connectivity index (χ2n) is 4.27. The third-order valence-corrected chi connectivity index (χ3v) is 4.18. The average molecular weight is 288 g/mol. The Morgan fingerprint density at radius 1 is 1.30 bits per heavy atom. The Labute approximate surface area is 121 Å². The number of carbonyl (C=O) groups is 1. The van der Waals surface area contributed by atoms with Gasteiger partial charge in [-0.1, -0.05) is 19.1 Å². The zero-order chi connectivity index (χ0) is 14.5. The van der Waals surface area contributed by atoms with Gasteiger partial charge in [0.25, 0.3) is 5.91 Å². The number of hydrogen-bond acceptors (Lipinski definition) is 4. The van der Waals surface area contributed by atoms with Gasteiger partial charge in [0.15, 0.2) is 0 Å². The zero-order valence-corrected chi connectivity index (χ0v) is 12.2. The Balaban J connectivity index is 2.09. The monoisotopic (exact) mass is 288 g/mol. The van der Waals surface area contributed by atoms with E-state index in [1.54, 1.807) is 29.5 Å². The lowest BCUT2D eigenvalue weighted by molar-refractivity contribution is 0.0952. The molecule has 5 heteroatoms. The van der Waals surface area contributed by atoms with E-state index in [0.717, 1.165) is 17.0 Å². The summed E-state index contributed by atoms with van der Waals surface area (Å²) < 4.78 is 0. The Kier molecular flexibility index (Phi) is 4.53. The van der Waals surface area contributed by atoms with E-state index < -0.39 is 5.91 Å². The second kappa shape index (κ2) is 6.34. The predicted octanol–water partition coefficient (Wildman–Crippen LogP) is 3.17. The highest BCUT2D eigenvalue weighted by atomic mass is 32.1. The lowest BCUT2D eigenvalue weighted by atomic mass is 10.2. The van der Waals surface area contributed by atoms with E-state index >= 15 is 0 Å². The minimum atomic E-state index is -0.422. The number of amides is 1. The minimum absolute atomic E-state index is 0.0535. The molecule has 0 radical (unpaired) electrons. The molecule has 0 aliphatic rings. The van der Waals surface area contributed by atoms with Crippen LogP contribution in [0.3, 0.4) is 0 Å². The van der Waals surface area contributed by atoms with Crippen molar-refractivity contribution in [3.63, 3.8) is 0 Å². The van der Waals surface area contributed by atoms with Gasteiger partial charge in [0.1, 0.15) is 5.75 Å². The summed E-state index contributed by atoms with van der Waals surface area (Å²) in [6.07, 6.45) is 0.988. The van der Waals surface area contributed by atoms with Crippen LogP contribution in [0.1, 0.15) is 34.0 Å². The van der Waals surface area contributed by atoms with Crippen molar-refractivity contribution >= 4 is 23.0 Å². The Morgan fingerprint density at radius 3 is 2.70 bits per heavy atom. The van der Waals surface area contributed by atoms with Crippen molar-refractivity contribution in [2.45, 2.75) is 20.3 Å². The van der Waals surface area contributed by atoms with Gasteiger partial charge in [-0.05, 0) is 37.6 Å². The molecule has 0 unspecified atom stereocenters. The van der Waals surface area contributed by atoms with Gasteiger partial charge in [-0.2, -0.15) is 5.10 Å². The summed E-state index contributed by atoms with van der Waals surface area (Å²) in [4.78, 5) is 14.2. The van der Waals surface area contributed by atoms with Gasteiger partial charge < -0.3 is 5.11 Å². The van der Waals surface area contributed by atoms with Crippen LogP contribution in [-0.4, -0.2) is 16.7 Å². The van der Waals surface area contributed by atoms with Crippen molar-refractivity contribution in [3.05, 3.63) is 51.7 Å². The van der Waals surface area contributed by atoms with Crippen LogP contribution in [0.5, 0.6) is 5.75 Å². The van der Waals surface area contributed by atoms with Crippen LogP contribution in [0.25, 0.3) is 0 Å². The van der Waals surface area contributed by atoms with Crippen molar-refractivity contribution in [2.75, 3.05) is 0 Å². The second-order valence-corrected chi connectivity index (χ2v) is 5.44. The first-order valence-corrected chi connectivity index (χ1v) is 7.15. The van der Waals surface area contributed by atoms with Crippen LogP contribution in [-0.2, 0) is 6.42 Å². The van der Waals surface area contributed by atoms with E-state index in [0.29, 0.717) is 0 Å². The number of benzene rings is 1. The lowest BCUT2D eigenvalue weighted by Crippen LogP contribution is -2.19. The third kappa shape index (κ3) is 3.24. The minimum Gasteiger partial charge on any atom is -0.507 e. The number of nitrogens with zero attached hydrogens (tertiary/aromatic N) is 1. The van der Waals surface area contributed by atoms with Crippen LogP contribution < -0.4 is 5.43 Å². The predicted molar refractivity (Wildman–Crippen MR) is 81.5 cm³/mol. The topological polar surface area (TPSA) is 61.7 Å². The molecule has 4 nitrogen and oxygen atoms in total. The molecule has 1 aromatic heterocycles. The van der Waals surface area contributed by atoms with E-state index in [-0.39, 0.29) is 11.3 Å². The van der Waals surface area contributed by atoms with Crippen LogP contribution in [0, 0.1) is 0 Å². The number of carbonyl (C=O) groups excluding carboxylic acids is 1. The number of para-hydroxylation sites is 1. The number of aryl methyl sites for hydroxylation is 1. The van der Waals surface area contributed by atoms with Crippen molar-refractivity contribution in [1.29, 1.82) is 0 Å². The number of aromatic hydroxyl groups is 1. The summed E-state index contributed by atoms with van der Waals surface area (Å²) in [5.74, 6) is -0.475. The third-order valence-electron chi connectivity index (χ3n) is 2.84. The Bertz CT molecular complexity index is 647. The average Bonchev–Trinajstić information content (AvgIpc) is 2.94. The number of nitrogens with one attached hydrogen (secondary N) is 1. The molecule has 0 bridgehead atoms. The summed E-state index contributed by atoms with van der Waals surface area (Å²) in [6, 6.07) is 10.4. The molecule has 1 aromatic carbocycles. The van der Waals surface area contributed by atoms with Crippen molar-refractivity contribution in [3.8, 4) is 5.75 Å². The smallest absolute Gasteiger partial charge is 0.275 e. The molecule has 0 saturated heterocycles. The summed E-state index contributed by atoms with van der Waals surface area (Å²) in [5, 5.41) is 13.7. The Morgan fingerprint density at radius 2 is 2.05 bits per heavy atom. The van der Waals surface area contributed by atoms with E-state index in [1.165, 1.54) is 10.9 Å². The van der Waals surface area contributed by atoms with Gasteiger partial charge >= 0.3 is 0 Å². The fraction of sp³-hybridized carbons (Fsp3) is 0.200. The highest BCUT2D eigenvalue weighted by molar-refractivity contribution is 7.14. The number of phenols is 1. The molecule has 2 aromatic rings. The SMILES string of the molecule is CCc1ccc(C(C)=NNC(=O)c2ccccc2O)s1. The fourth-order valence-corrected chi connectivity index (χ4v) is 2.57. The molecule has 0 spiro atoms. The molecule has 0 saturated carbocycles. The first kappa shape index (κ1) is 14.3. The lowest BCUT2D eigenvalue weighted by Gasteiger charge is -2.03. The number of phenolic OH excluding ortho intramolecular Hbond substituents is 1. The van der Waals surface area contributed by atoms with Crippen LogP contribution >= 0.6 is 11.3 Å². The molecular weight excluding hydrogens is 272 g/mol. The first-order valence-electron chi connectivity index (χ1n) is 6.33. The molecule has 1 amide bonds. The van der Waals surface area contributed by atoms with Crippen LogP contribution in [0.4, 0.5) is 0 Å². The van der Waals surface area contributed by atoms with E-state index in [2.05, 4.69) is 23.5 Å². The van der Waals surface area contributed by atoms with Gasteiger partial charge in [0.05, 0.1) is 16.2 Å². The molecule has 20 heavy (non-hydrogen) atoms. The van der Waals surface area contributed by atoms with Crippen molar-refractivity contribution in [2.24, 2.45) is 5.10 Å². The quantitative estimate of drug-likeness (QED) is 0.670. The van der Waals surface area contributed by atoms with Gasteiger partial charge in [-0.25, -0.2) is 5.43 Å². The zero-order valence-electron chi connectivity index (χ0n) is 11.4. The molecule has 0 atom stereocenters. The standard InChI is InChI=1S/C15H16N2O2S/c1-3-11-8-9-14(20-11)10(2)16-17-15(19)12-6-4-5-7-13(12)18/h4-9,18H,3H2,1-2H3,(H,17,19). The maximum atomic E-state index is 11.9. The Hall–Kier alpha value is -2.14. The molecule has 0 fully saturated rings. The molecule has 1 heterocycles. The molecule has 0 aliphatic heterocycles. The number of thiophene rings is 1. The summed E-state index contributed by atoms with van der Waals surface area (Å²) in [7, 11) is 0. The molecule has 2 N–H and O–H groups in total. The normalized spacial score (nSPS) is 11.4. The summed E-state index contributed by atoms with van der Waals surface area (Å²) in [5.41, 5.74) is 3.42. The van der Waals surface area contributed by atoms with Gasteiger partial charge in [-0.3, -0.25) is 4.79 Å². The van der Waals surface area contributed by atoms with E-state index in [9.17, 15) is 9.90 Å². The van der Waals surface area contributed by atoms with Crippen molar-refractivity contribution in [1.82, 2.24) is 5.43 Å². The van der Waals surface area contributed by atoms with Gasteiger partial charge in [0.2, 0.25) is 0 Å². The maximum absolute atomic E-state index is 11.9. The number of rotatable bonds is 4. The van der Waals surface area contributed by atoms with E-state index in [1.807, 2.05) is 13.0 Å². The van der Waals surface area contributed by atoms with Gasteiger partial charge in [-0.15, -0.1) is 11.3 Å². The van der Waals surface area contributed by atoms with Crippen molar-refractivity contribution < 1.29 is 9.90 Å². The fourth-order valence-electron chi connectivity index (χ4n) is 1.68. The van der Waals surface area contributed by atoms with Crippen LogP contribution in [0.2, 0.25) is 0 Å². The van der Waals surface area contributed by atoms with E-state index in [4.69, 9.17) is 0 Å². The summed E-state index contributed by atoms with van der Waals surface area (Å²) >= 11 is 1.66. The van der Waals surface area contributed by atoms with Crippen LogP contribution in [0.15, 0.2) is 41.5 Å². The molecular formula is C15H16N2O2S. The first-order chi connectivity index (χ1) is 9.61. The molecule has 104 valence electrons. The number of hydrazone groups is 1. The number of hydrogen-bond donors (Lipinski definition) is 2. The largest absolute Gasteiger partial charge is 0.507 e. The van der Waals surface area contributed by atoms with Gasteiger partial charge in [0, 0.05) is 4.88 Å². The maximum Gasteiger partial charge on any atom is 0.275 e. The summed E-state index contributed by atoms with van der Waals surface area (Å²) in [6.45, 7) is 3.94. The highest BCUT2D eigenvalue weighted by Gasteiger charge is 2.09. The highest BCUT2D eigenvalue weighted by Crippen LogP contribution is 2.18.